The summed E-state index contributed by atoms with van der Waals surface area (Å²) in [5.74, 6) is -0.354. The first kappa shape index (κ1) is 17.1. The molecule has 0 aliphatic rings. The molecule has 1 aromatic carbocycles. The fraction of sp³-hybridized carbons (Fsp3) is 0.294. The molecule has 5 nitrogen and oxygen atoms in total. The van der Waals surface area contributed by atoms with E-state index < -0.39 is 11.9 Å². The number of nitrogens with zero attached hydrogens (tertiary/aromatic N) is 1. The van der Waals surface area contributed by atoms with Gasteiger partial charge in [0.15, 0.2) is 5.76 Å². The van der Waals surface area contributed by atoms with Gasteiger partial charge in [0.25, 0.3) is 5.91 Å². The van der Waals surface area contributed by atoms with Crippen molar-refractivity contribution in [1.29, 1.82) is 0 Å². The predicted molar refractivity (Wildman–Crippen MR) is 90.3 cm³/mol. The molecule has 0 saturated heterocycles. The number of carbonyl (C=O) groups excluding carboxylic acids is 2. The molecule has 0 fully saturated rings. The van der Waals surface area contributed by atoms with E-state index in [1.807, 2.05) is 30.5 Å². The first-order valence-electron chi connectivity index (χ1n) is 7.23. The minimum Gasteiger partial charge on any atom is -0.459 e. The predicted octanol–water partition coefficient (Wildman–Crippen LogP) is 2.78. The summed E-state index contributed by atoms with van der Waals surface area (Å²) < 4.78 is 5.01. The molecule has 1 heterocycles. The topological polar surface area (TPSA) is 62.6 Å². The average Bonchev–Trinajstić information content (AvgIpc) is 3.09. The Hall–Kier alpha value is -2.21. The van der Waals surface area contributed by atoms with Gasteiger partial charge in [0, 0.05) is 18.5 Å². The first-order chi connectivity index (χ1) is 11.0. The van der Waals surface area contributed by atoms with Crippen LogP contribution in [0.1, 0.15) is 23.0 Å². The van der Waals surface area contributed by atoms with E-state index in [9.17, 15) is 9.59 Å². The molecule has 23 heavy (non-hydrogen) atoms. The summed E-state index contributed by atoms with van der Waals surface area (Å²) in [4.78, 5) is 27.0. The number of hydrogen-bond donors (Lipinski definition) is 1. The SMILES string of the molecule is CSc1ccc(CN(C)C(=O)[C@@H](C)NC(=O)c2ccco2)cc1. The molecular formula is C17H20N2O3S. The maximum Gasteiger partial charge on any atom is 0.287 e. The molecule has 2 rings (SSSR count). The molecule has 0 saturated carbocycles. The van der Waals surface area contributed by atoms with Gasteiger partial charge >= 0.3 is 0 Å². The minimum atomic E-state index is -0.622. The monoisotopic (exact) mass is 332 g/mol. The molecule has 0 aliphatic heterocycles. The molecule has 1 aromatic heterocycles. The largest absolute Gasteiger partial charge is 0.459 e. The Morgan fingerprint density at radius 3 is 2.52 bits per heavy atom. The van der Waals surface area contributed by atoms with Crippen LogP contribution in [-0.2, 0) is 11.3 Å². The fourth-order valence-electron chi connectivity index (χ4n) is 2.15. The Kier molecular flexibility index (Phi) is 5.87. The van der Waals surface area contributed by atoms with E-state index >= 15 is 0 Å². The van der Waals surface area contributed by atoms with Crippen molar-refractivity contribution in [2.24, 2.45) is 0 Å². The molecule has 0 bridgehead atoms. The van der Waals surface area contributed by atoms with Gasteiger partial charge in [-0.2, -0.15) is 0 Å². The number of nitrogens with one attached hydrogen (secondary N) is 1. The number of carbonyl (C=O) groups is 2. The highest BCUT2D eigenvalue weighted by molar-refractivity contribution is 7.98. The van der Waals surface area contributed by atoms with Crippen molar-refractivity contribution in [2.45, 2.75) is 24.4 Å². The van der Waals surface area contributed by atoms with Crippen molar-refractivity contribution < 1.29 is 14.0 Å². The highest BCUT2D eigenvalue weighted by atomic mass is 32.2. The summed E-state index contributed by atoms with van der Waals surface area (Å²) in [6, 6.07) is 10.6. The lowest BCUT2D eigenvalue weighted by Crippen LogP contribution is -2.45. The number of furan rings is 1. The maximum absolute atomic E-state index is 12.4. The van der Waals surface area contributed by atoms with Crippen molar-refractivity contribution in [3.63, 3.8) is 0 Å². The van der Waals surface area contributed by atoms with Crippen LogP contribution in [0.2, 0.25) is 0 Å². The summed E-state index contributed by atoms with van der Waals surface area (Å²) in [6.45, 7) is 2.16. The molecule has 2 amide bonds. The van der Waals surface area contributed by atoms with Gasteiger partial charge < -0.3 is 14.6 Å². The number of hydrogen-bond acceptors (Lipinski definition) is 4. The zero-order valence-corrected chi connectivity index (χ0v) is 14.2. The van der Waals surface area contributed by atoms with Gasteiger partial charge in [0.05, 0.1) is 6.26 Å². The Balaban J connectivity index is 1.91. The van der Waals surface area contributed by atoms with Crippen LogP contribution in [-0.4, -0.2) is 36.1 Å². The van der Waals surface area contributed by atoms with E-state index in [4.69, 9.17) is 4.42 Å². The lowest BCUT2D eigenvalue weighted by Gasteiger charge is -2.22. The molecule has 0 aliphatic carbocycles. The Morgan fingerprint density at radius 1 is 1.26 bits per heavy atom. The van der Waals surface area contributed by atoms with Gasteiger partial charge in [-0.25, -0.2) is 0 Å². The Morgan fingerprint density at radius 2 is 1.96 bits per heavy atom. The lowest BCUT2D eigenvalue weighted by molar-refractivity contribution is -0.132. The molecule has 122 valence electrons. The van der Waals surface area contributed by atoms with Gasteiger partial charge in [-0.15, -0.1) is 11.8 Å². The lowest BCUT2D eigenvalue weighted by atomic mass is 10.2. The quantitative estimate of drug-likeness (QED) is 0.826. The van der Waals surface area contributed by atoms with E-state index in [0.29, 0.717) is 6.54 Å². The third-order valence-corrected chi connectivity index (χ3v) is 4.16. The molecular weight excluding hydrogens is 312 g/mol. The standard InChI is InChI=1S/C17H20N2O3S/c1-12(18-16(20)15-5-4-10-22-15)17(21)19(2)11-13-6-8-14(23-3)9-7-13/h4-10,12H,11H2,1-3H3,(H,18,20)/t12-/m1/s1. The second-order valence-electron chi connectivity index (χ2n) is 5.21. The number of rotatable bonds is 6. The molecule has 0 spiro atoms. The van der Waals surface area contributed by atoms with Crippen LogP contribution in [0.3, 0.4) is 0 Å². The van der Waals surface area contributed by atoms with Crippen LogP contribution in [0.4, 0.5) is 0 Å². The summed E-state index contributed by atoms with van der Waals surface area (Å²) in [7, 11) is 1.72. The number of amides is 2. The highest BCUT2D eigenvalue weighted by Gasteiger charge is 2.21. The second-order valence-corrected chi connectivity index (χ2v) is 6.09. The van der Waals surface area contributed by atoms with Crippen molar-refractivity contribution in [3.05, 3.63) is 54.0 Å². The van der Waals surface area contributed by atoms with Gasteiger partial charge in [0.1, 0.15) is 6.04 Å². The van der Waals surface area contributed by atoms with E-state index in [0.717, 1.165) is 5.56 Å². The van der Waals surface area contributed by atoms with E-state index in [-0.39, 0.29) is 11.7 Å². The molecule has 1 N–H and O–H groups in total. The molecule has 2 aromatic rings. The van der Waals surface area contributed by atoms with Crippen molar-refractivity contribution in [2.75, 3.05) is 13.3 Å². The summed E-state index contributed by atoms with van der Waals surface area (Å²) in [5, 5.41) is 2.64. The van der Waals surface area contributed by atoms with E-state index in [1.165, 1.54) is 11.2 Å². The van der Waals surface area contributed by atoms with Gasteiger partial charge in [-0.3, -0.25) is 9.59 Å². The number of benzene rings is 1. The van der Waals surface area contributed by atoms with Gasteiger partial charge in [-0.1, -0.05) is 12.1 Å². The summed E-state index contributed by atoms with van der Waals surface area (Å²) >= 11 is 1.68. The van der Waals surface area contributed by atoms with E-state index in [2.05, 4.69) is 5.32 Å². The van der Waals surface area contributed by atoms with Crippen molar-refractivity contribution >= 4 is 23.6 Å². The molecule has 1 atom stereocenters. The smallest absolute Gasteiger partial charge is 0.287 e. The van der Waals surface area contributed by atoms with Crippen LogP contribution < -0.4 is 5.32 Å². The molecule has 6 heteroatoms. The third-order valence-electron chi connectivity index (χ3n) is 3.42. The first-order valence-corrected chi connectivity index (χ1v) is 8.46. The van der Waals surface area contributed by atoms with Crippen molar-refractivity contribution in [3.8, 4) is 0 Å². The van der Waals surface area contributed by atoms with Crippen LogP contribution >= 0.6 is 11.8 Å². The van der Waals surface area contributed by atoms with Crippen LogP contribution in [0.25, 0.3) is 0 Å². The summed E-state index contributed by atoms with van der Waals surface area (Å²) in [6.07, 6.45) is 3.44. The molecule has 0 radical (unpaired) electrons. The Labute approximate surface area is 140 Å². The minimum absolute atomic E-state index is 0.154. The van der Waals surface area contributed by atoms with Gasteiger partial charge in [-0.05, 0) is 43.0 Å². The van der Waals surface area contributed by atoms with E-state index in [1.54, 1.807) is 42.8 Å². The third kappa shape index (κ3) is 4.63. The second kappa shape index (κ2) is 7.87. The Bertz CT molecular complexity index is 653. The zero-order chi connectivity index (χ0) is 16.8. The van der Waals surface area contributed by atoms with Crippen molar-refractivity contribution in [1.82, 2.24) is 10.2 Å². The van der Waals surface area contributed by atoms with Crippen LogP contribution in [0.5, 0.6) is 0 Å². The maximum atomic E-state index is 12.4. The number of likely N-dealkylation sites (N-methyl/N-ethyl adjacent to an activating group) is 1. The zero-order valence-electron chi connectivity index (χ0n) is 13.4. The van der Waals surface area contributed by atoms with Gasteiger partial charge in [0.2, 0.25) is 5.91 Å². The van der Waals surface area contributed by atoms with Crippen LogP contribution in [0.15, 0.2) is 52.0 Å². The normalized spacial score (nSPS) is 11.8. The average molecular weight is 332 g/mol. The summed E-state index contributed by atoms with van der Waals surface area (Å²) in [5.41, 5.74) is 1.04. The molecule has 0 unspecified atom stereocenters. The number of thioether (sulfide) groups is 1. The highest BCUT2D eigenvalue weighted by Crippen LogP contribution is 2.15. The fourth-order valence-corrected chi connectivity index (χ4v) is 2.56. The van der Waals surface area contributed by atoms with Crippen LogP contribution in [0, 0.1) is 0 Å².